The predicted molar refractivity (Wildman–Crippen MR) is 125 cm³/mol. The number of aromatic hydroxyl groups is 1. The van der Waals surface area contributed by atoms with E-state index in [9.17, 15) is 39.0 Å². The van der Waals surface area contributed by atoms with Crippen LogP contribution in [0.3, 0.4) is 0 Å². The minimum absolute atomic E-state index is 0.137. The molecular weight excluding hydrogens is 540 g/mol. The van der Waals surface area contributed by atoms with Crippen molar-refractivity contribution in [3.8, 4) is 5.75 Å². The van der Waals surface area contributed by atoms with E-state index in [1.807, 2.05) is 0 Å². The van der Waals surface area contributed by atoms with Crippen molar-refractivity contribution in [1.29, 1.82) is 0 Å². The van der Waals surface area contributed by atoms with E-state index in [-0.39, 0.29) is 16.6 Å². The Morgan fingerprint density at radius 1 is 1.17 bits per heavy atom. The van der Waals surface area contributed by atoms with Crippen molar-refractivity contribution in [2.45, 2.75) is 30.6 Å². The Balaban J connectivity index is 2.03. The number of Topliss-reactive ketones (excluding diaryl/α,β-unsaturated/α-hetero) is 4. The fourth-order valence-electron chi connectivity index (χ4n) is 6.25. The fourth-order valence-corrected chi connectivity index (χ4v) is 6.38. The molecule has 0 aromatic heterocycles. The predicted octanol–water partition coefficient (Wildman–Crippen LogP) is -0.655. The number of phenolic OH excluding ortho intramolecular Hbond substituents is 1. The number of nitrogens with two attached hydrogens (primary N) is 1. The molecule has 2 saturated carbocycles. The number of carbonyl (C=O) groups is 6. The number of hydrogen-bond acceptors (Lipinski definition) is 10. The van der Waals surface area contributed by atoms with E-state index in [2.05, 4.69) is 15.9 Å². The number of ketones is 4. The number of hydrogen-bond donors (Lipinski definition) is 3. The molecule has 4 N–H and O–H groups in total. The summed E-state index contributed by atoms with van der Waals surface area (Å²) in [6, 6.07) is 2.96. The van der Waals surface area contributed by atoms with Crippen molar-refractivity contribution in [3.05, 3.63) is 29.3 Å². The molecule has 0 heterocycles. The Morgan fingerprint density at radius 2 is 1.81 bits per heavy atom. The smallest absolute Gasteiger partial charge is 0.316 e. The molecule has 0 bridgehead atoms. The van der Waals surface area contributed by atoms with Crippen LogP contribution >= 0.6 is 15.9 Å². The summed E-state index contributed by atoms with van der Waals surface area (Å²) < 4.78 is 5.67. The summed E-state index contributed by atoms with van der Waals surface area (Å²) in [5.41, 5.74) is 2.55. The van der Waals surface area contributed by atoms with Crippen molar-refractivity contribution >= 4 is 50.9 Å². The number of ether oxygens (including phenoxy) is 1. The van der Waals surface area contributed by atoms with Gasteiger partial charge in [0, 0.05) is 5.92 Å². The molecule has 2 fully saturated rings. The molecule has 8 atom stereocenters. The highest BCUT2D eigenvalue weighted by atomic mass is 79.9. The van der Waals surface area contributed by atoms with Crippen molar-refractivity contribution in [2.24, 2.45) is 29.4 Å². The van der Waals surface area contributed by atoms with Crippen LogP contribution in [0.4, 0.5) is 0 Å². The van der Waals surface area contributed by atoms with Crippen LogP contribution < -0.4 is 5.73 Å². The Labute approximate surface area is 214 Å². The number of amides is 1. The monoisotopic (exact) mass is 564 g/mol. The number of alkyl halides is 1. The Hall–Kier alpha value is -2.96. The molecule has 0 aliphatic heterocycles. The number of esters is 1. The summed E-state index contributed by atoms with van der Waals surface area (Å²) in [4.78, 5) is 80.3. The molecule has 36 heavy (non-hydrogen) atoms. The third-order valence-electron chi connectivity index (χ3n) is 7.70. The highest BCUT2D eigenvalue weighted by Crippen LogP contribution is 2.55. The summed E-state index contributed by atoms with van der Waals surface area (Å²) in [5.74, 6) is -14.2. The maximum Gasteiger partial charge on any atom is 0.316 e. The van der Waals surface area contributed by atoms with Gasteiger partial charge in [0.1, 0.15) is 17.2 Å². The van der Waals surface area contributed by atoms with Gasteiger partial charge in [0.15, 0.2) is 34.7 Å². The maximum atomic E-state index is 13.9. The van der Waals surface area contributed by atoms with Gasteiger partial charge in [-0.1, -0.05) is 35.0 Å². The second-order valence-corrected chi connectivity index (χ2v) is 10.3. The maximum absolute atomic E-state index is 13.9. The van der Waals surface area contributed by atoms with Gasteiger partial charge in [-0.3, -0.25) is 33.7 Å². The highest BCUT2D eigenvalue weighted by Gasteiger charge is 2.74. The van der Waals surface area contributed by atoms with Gasteiger partial charge in [-0.05, 0) is 31.6 Å². The molecular formula is C24H25BrN2O9. The molecule has 1 amide bonds. The van der Waals surface area contributed by atoms with E-state index < -0.39 is 82.3 Å². The molecule has 11 nitrogen and oxygen atoms in total. The van der Waals surface area contributed by atoms with Crippen LogP contribution in [-0.4, -0.2) is 87.3 Å². The van der Waals surface area contributed by atoms with Crippen LogP contribution in [0.1, 0.15) is 28.8 Å². The van der Waals surface area contributed by atoms with E-state index in [1.54, 1.807) is 13.0 Å². The second-order valence-electron chi connectivity index (χ2n) is 9.70. The number of primary amides is 1. The molecule has 0 radical (unpaired) electrons. The van der Waals surface area contributed by atoms with E-state index in [4.69, 9.17) is 10.5 Å². The van der Waals surface area contributed by atoms with E-state index in [1.165, 1.54) is 31.1 Å². The molecule has 0 saturated heterocycles. The number of aliphatic hydroxyl groups is 1. The molecule has 4 rings (SSSR count). The number of nitrogens with zero attached hydrogens (tertiary/aromatic N) is 1. The van der Waals surface area contributed by atoms with Gasteiger partial charge < -0.3 is 20.7 Å². The van der Waals surface area contributed by atoms with E-state index in [0.717, 1.165) is 0 Å². The standard InChI is InChI=1S/C24H25BrN2O9/c1-8-9-5-4-6-10(28)13(9)18(30)14-12(8)20(36-11(29)7-25)16-17(27(2)3)19(31)15(23(26)34)22(33)24(16,35)21(14)32/h4-6,8,12,14-17,20,28,35H,7H2,1-3H3,(H2,26,34)/t8-,12+,14?,15?,16+,17-,20-,24-/m1/s1. The lowest BCUT2D eigenvalue weighted by atomic mass is 9.49. The minimum Gasteiger partial charge on any atom is -0.507 e. The van der Waals surface area contributed by atoms with Gasteiger partial charge in [0.05, 0.1) is 23.4 Å². The number of benzene rings is 1. The van der Waals surface area contributed by atoms with Crippen molar-refractivity contribution in [1.82, 2.24) is 4.90 Å². The third kappa shape index (κ3) is 3.38. The summed E-state index contributed by atoms with van der Waals surface area (Å²) in [5, 5.41) is 21.9. The number of likely N-dealkylation sites (N-methyl/N-ethyl adjacent to an activating group) is 1. The minimum atomic E-state index is -3.03. The number of halogens is 1. The summed E-state index contributed by atoms with van der Waals surface area (Å²) >= 11 is 2.99. The first kappa shape index (κ1) is 26.1. The highest BCUT2D eigenvalue weighted by molar-refractivity contribution is 9.09. The average Bonchev–Trinajstić information content (AvgIpc) is 2.80. The lowest BCUT2D eigenvalue weighted by Crippen LogP contribution is -2.78. The number of phenols is 1. The first-order chi connectivity index (χ1) is 16.8. The lowest BCUT2D eigenvalue weighted by molar-refractivity contribution is -0.204. The van der Waals surface area contributed by atoms with Crippen LogP contribution in [0, 0.1) is 23.7 Å². The van der Waals surface area contributed by atoms with Gasteiger partial charge in [0.25, 0.3) is 0 Å². The molecule has 3 aliphatic rings. The first-order valence-corrected chi connectivity index (χ1v) is 12.3. The molecule has 3 aliphatic carbocycles. The topological polar surface area (TPSA) is 181 Å². The Morgan fingerprint density at radius 3 is 2.36 bits per heavy atom. The van der Waals surface area contributed by atoms with Gasteiger partial charge in [-0.2, -0.15) is 0 Å². The van der Waals surface area contributed by atoms with Crippen LogP contribution in [-0.2, 0) is 28.7 Å². The van der Waals surface area contributed by atoms with Gasteiger partial charge >= 0.3 is 5.97 Å². The van der Waals surface area contributed by atoms with Crippen molar-refractivity contribution in [2.75, 3.05) is 19.4 Å². The second kappa shape index (κ2) is 8.86. The van der Waals surface area contributed by atoms with Crippen molar-refractivity contribution in [3.63, 3.8) is 0 Å². The SMILES string of the molecule is C[C@@H]1c2cccc(O)c2C(=O)C2C(=O)[C@@]3(O)C(=O)C(C(N)=O)C(=O)[C@H](N(C)C)[C@H]3[C@H](OC(=O)CBr)[C@H]21. The van der Waals surface area contributed by atoms with Crippen molar-refractivity contribution < 1.29 is 43.7 Å². The summed E-state index contributed by atoms with van der Waals surface area (Å²) in [6.45, 7) is 1.67. The molecule has 12 heteroatoms. The van der Waals surface area contributed by atoms with Gasteiger partial charge in [-0.25, -0.2) is 0 Å². The van der Waals surface area contributed by atoms with Crippen LogP contribution in [0.15, 0.2) is 18.2 Å². The van der Waals surface area contributed by atoms with Crippen LogP contribution in [0.25, 0.3) is 0 Å². The number of fused-ring (bicyclic) bond motifs is 3. The molecule has 1 aromatic carbocycles. The zero-order chi connectivity index (χ0) is 26.9. The fraction of sp³-hybridized carbons (Fsp3) is 0.500. The van der Waals surface area contributed by atoms with Gasteiger partial charge in [0.2, 0.25) is 5.91 Å². The Kier molecular flexibility index (Phi) is 6.42. The Bertz CT molecular complexity index is 1210. The molecule has 192 valence electrons. The average molecular weight is 565 g/mol. The lowest BCUT2D eigenvalue weighted by Gasteiger charge is -2.56. The third-order valence-corrected chi connectivity index (χ3v) is 8.16. The largest absolute Gasteiger partial charge is 0.507 e. The number of rotatable bonds is 4. The van der Waals surface area contributed by atoms with Gasteiger partial charge in [-0.15, -0.1) is 0 Å². The quantitative estimate of drug-likeness (QED) is 0.241. The zero-order valence-corrected chi connectivity index (χ0v) is 21.2. The summed E-state index contributed by atoms with van der Waals surface area (Å²) in [7, 11) is 2.89. The summed E-state index contributed by atoms with van der Waals surface area (Å²) in [6.07, 6.45) is -1.45. The van der Waals surface area contributed by atoms with E-state index in [0.29, 0.717) is 5.56 Å². The zero-order valence-electron chi connectivity index (χ0n) is 19.6. The first-order valence-electron chi connectivity index (χ1n) is 11.2. The van der Waals surface area contributed by atoms with Crippen LogP contribution in [0.5, 0.6) is 5.75 Å². The molecule has 0 spiro atoms. The van der Waals surface area contributed by atoms with E-state index >= 15 is 0 Å². The normalized spacial score (nSPS) is 35.7. The number of carbonyl (C=O) groups excluding carboxylic acids is 6. The molecule has 2 unspecified atom stereocenters. The van der Waals surface area contributed by atoms with Crippen LogP contribution in [0.2, 0.25) is 0 Å². The molecule has 1 aromatic rings.